The molecule has 0 bridgehead atoms. The maximum atomic E-state index is 13.0. The molecule has 0 spiro atoms. The van der Waals surface area contributed by atoms with Crippen LogP contribution in [0.2, 0.25) is 0 Å². The zero-order valence-electron chi connectivity index (χ0n) is 7.79. The van der Waals surface area contributed by atoms with Crippen LogP contribution in [0.5, 0.6) is 0 Å². The van der Waals surface area contributed by atoms with Crippen LogP contribution < -0.4 is 0 Å². The average molecular weight is 214 g/mol. The van der Waals surface area contributed by atoms with Crippen LogP contribution in [0.3, 0.4) is 0 Å². The topological polar surface area (TPSA) is 17.1 Å². The van der Waals surface area contributed by atoms with E-state index in [0.29, 0.717) is 11.8 Å². The molecule has 1 aromatic rings. The number of halogens is 3. The summed E-state index contributed by atoms with van der Waals surface area (Å²) < 4.78 is 37.4. The molecule has 0 amide bonds. The number of hydrogen-bond donors (Lipinski definition) is 0. The van der Waals surface area contributed by atoms with Crippen molar-refractivity contribution in [2.75, 3.05) is 0 Å². The summed E-state index contributed by atoms with van der Waals surface area (Å²) in [6.45, 7) is 0. The fraction of sp³-hybridized carbons (Fsp3) is 0.182. The number of carbonyl (C=O) groups excluding carboxylic acids is 1. The second-order valence-corrected chi connectivity index (χ2v) is 2.89. The molecule has 0 N–H and O–H groups in total. The largest absolute Gasteiger partial charge is 0.303 e. The summed E-state index contributed by atoms with van der Waals surface area (Å²) >= 11 is 0. The SMILES string of the molecule is O=CCC=Cc1ccc(C(F)F)c(F)c1. The highest BCUT2D eigenvalue weighted by Crippen LogP contribution is 2.22. The molecular weight excluding hydrogens is 205 g/mol. The van der Waals surface area contributed by atoms with Gasteiger partial charge < -0.3 is 4.79 Å². The van der Waals surface area contributed by atoms with Crippen LogP contribution >= 0.6 is 0 Å². The summed E-state index contributed by atoms with van der Waals surface area (Å²) in [5.74, 6) is -0.932. The molecule has 0 aliphatic carbocycles. The van der Waals surface area contributed by atoms with E-state index in [4.69, 9.17) is 0 Å². The molecule has 0 aliphatic heterocycles. The second kappa shape index (κ2) is 5.34. The van der Waals surface area contributed by atoms with Gasteiger partial charge in [0.05, 0.1) is 5.56 Å². The summed E-state index contributed by atoms with van der Waals surface area (Å²) in [5.41, 5.74) is -0.152. The van der Waals surface area contributed by atoms with Gasteiger partial charge in [0.15, 0.2) is 0 Å². The van der Waals surface area contributed by atoms with Gasteiger partial charge in [0.25, 0.3) is 6.43 Å². The van der Waals surface area contributed by atoms with Crippen LogP contribution in [0.4, 0.5) is 13.2 Å². The summed E-state index contributed by atoms with van der Waals surface area (Å²) in [4.78, 5) is 9.98. The number of carbonyl (C=O) groups is 1. The molecular formula is C11H9F3O. The summed E-state index contributed by atoms with van der Waals surface area (Å²) in [7, 11) is 0. The van der Waals surface area contributed by atoms with Gasteiger partial charge in [-0.3, -0.25) is 0 Å². The minimum Gasteiger partial charge on any atom is -0.303 e. The first-order valence-corrected chi connectivity index (χ1v) is 4.33. The molecule has 0 saturated carbocycles. The Hall–Kier alpha value is -1.58. The summed E-state index contributed by atoms with van der Waals surface area (Å²) in [6.07, 6.45) is 1.15. The van der Waals surface area contributed by atoms with Gasteiger partial charge in [-0.1, -0.05) is 18.2 Å². The molecule has 1 aromatic carbocycles. The van der Waals surface area contributed by atoms with Crippen LogP contribution in [0.1, 0.15) is 24.0 Å². The first kappa shape index (κ1) is 11.5. The lowest BCUT2D eigenvalue weighted by Crippen LogP contribution is -1.90. The van der Waals surface area contributed by atoms with Gasteiger partial charge >= 0.3 is 0 Å². The van der Waals surface area contributed by atoms with Gasteiger partial charge in [0.2, 0.25) is 0 Å². The fourth-order valence-electron chi connectivity index (χ4n) is 1.08. The van der Waals surface area contributed by atoms with Crippen molar-refractivity contribution in [2.24, 2.45) is 0 Å². The Bertz CT molecular complexity index is 372. The van der Waals surface area contributed by atoms with Crippen LogP contribution in [-0.4, -0.2) is 6.29 Å². The zero-order chi connectivity index (χ0) is 11.3. The van der Waals surface area contributed by atoms with E-state index in [1.54, 1.807) is 0 Å². The molecule has 0 heterocycles. The lowest BCUT2D eigenvalue weighted by Gasteiger charge is -2.02. The summed E-state index contributed by atoms with van der Waals surface area (Å²) in [5, 5.41) is 0. The molecule has 0 atom stereocenters. The van der Waals surface area contributed by atoms with Gasteiger partial charge in [-0.05, 0) is 17.7 Å². The van der Waals surface area contributed by atoms with Crippen LogP contribution in [0.15, 0.2) is 24.3 Å². The smallest absolute Gasteiger partial charge is 0.266 e. The van der Waals surface area contributed by atoms with E-state index in [1.165, 1.54) is 18.2 Å². The predicted octanol–water partition coefficient (Wildman–Crippen LogP) is 3.37. The minimum atomic E-state index is -2.81. The molecule has 0 saturated heterocycles. The van der Waals surface area contributed by atoms with Gasteiger partial charge in [-0.2, -0.15) is 0 Å². The number of aldehydes is 1. The van der Waals surface area contributed by atoms with Crippen molar-refractivity contribution in [3.63, 3.8) is 0 Å². The van der Waals surface area contributed by atoms with Gasteiger partial charge in [0, 0.05) is 6.42 Å². The van der Waals surface area contributed by atoms with Crippen molar-refractivity contribution in [3.8, 4) is 0 Å². The van der Waals surface area contributed by atoms with Gasteiger partial charge in [0.1, 0.15) is 12.1 Å². The van der Waals surface area contributed by atoms with E-state index in [-0.39, 0.29) is 6.42 Å². The average Bonchev–Trinajstić information content (AvgIpc) is 2.17. The standard InChI is InChI=1S/C11H9F3O/c12-10-7-8(3-1-2-6-15)4-5-9(10)11(13)14/h1,3-7,11H,2H2. The van der Waals surface area contributed by atoms with Crippen molar-refractivity contribution in [2.45, 2.75) is 12.8 Å². The monoisotopic (exact) mass is 214 g/mol. The maximum absolute atomic E-state index is 13.0. The first-order valence-electron chi connectivity index (χ1n) is 4.33. The van der Waals surface area contributed by atoms with E-state index in [1.807, 2.05) is 0 Å². The zero-order valence-corrected chi connectivity index (χ0v) is 7.79. The van der Waals surface area contributed by atoms with Gasteiger partial charge in [-0.15, -0.1) is 0 Å². The Labute approximate surface area is 85.2 Å². The number of allylic oxidation sites excluding steroid dienone is 1. The lowest BCUT2D eigenvalue weighted by molar-refractivity contribution is -0.107. The third-order valence-corrected chi connectivity index (χ3v) is 1.80. The number of hydrogen-bond acceptors (Lipinski definition) is 1. The van der Waals surface area contributed by atoms with Crippen molar-refractivity contribution in [1.82, 2.24) is 0 Å². The minimum absolute atomic E-state index is 0.220. The molecule has 15 heavy (non-hydrogen) atoms. The van der Waals surface area contributed by atoms with Crippen molar-refractivity contribution in [1.29, 1.82) is 0 Å². The van der Waals surface area contributed by atoms with Crippen molar-refractivity contribution in [3.05, 3.63) is 41.2 Å². The maximum Gasteiger partial charge on any atom is 0.266 e. The molecule has 1 rings (SSSR count). The van der Waals surface area contributed by atoms with Crippen LogP contribution in [0, 0.1) is 5.82 Å². The Balaban J connectivity index is 2.86. The lowest BCUT2D eigenvalue weighted by atomic mass is 10.1. The van der Waals surface area contributed by atoms with E-state index >= 15 is 0 Å². The van der Waals surface area contributed by atoms with E-state index in [0.717, 1.165) is 12.1 Å². The number of benzene rings is 1. The van der Waals surface area contributed by atoms with Gasteiger partial charge in [-0.25, -0.2) is 13.2 Å². The quantitative estimate of drug-likeness (QED) is 0.702. The first-order chi connectivity index (χ1) is 7.15. The highest BCUT2D eigenvalue weighted by molar-refractivity contribution is 5.58. The number of rotatable bonds is 4. The molecule has 0 unspecified atom stereocenters. The fourth-order valence-corrected chi connectivity index (χ4v) is 1.08. The van der Waals surface area contributed by atoms with E-state index in [2.05, 4.69) is 0 Å². The molecule has 1 nitrogen and oxygen atoms in total. The van der Waals surface area contributed by atoms with E-state index in [9.17, 15) is 18.0 Å². The molecule has 4 heteroatoms. The molecule has 0 radical (unpaired) electrons. The highest BCUT2D eigenvalue weighted by Gasteiger charge is 2.12. The van der Waals surface area contributed by atoms with Crippen LogP contribution in [-0.2, 0) is 4.79 Å². The molecule has 80 valence electrons. The highest BCUT2D eigenvalue weighted by atomic mass is 19.3. The van der Waals surface area contributed by atoms with Crippen molar-refractivity contribution < 1.29 is 18.0 Å². The second-order valence-electron chi connectivity index (χ2n) is 2.89. The molecule has 0 aliphatic rings. The van der Waals surface area contributed by atoms with Crippen molar-refractivity contribution >= 4 is 12.4 Å². The third-order valence-electron chi connectivity index (χ3n) is 1.80. The normalized spacial score (nSPS) is 11.2. The Morgan fingerprint density at radius 2 is 2.07 bits per heavy atom. The predicted molar refractivity (Wildman–Crippen MR) is 51.1 cm³/mol. The number of alkyl halides is 2. The Kier molecular flexibility index (Phi) is 4.09. The molecule has 0 fully saturated rings. The Morgan fingerprint density at radius 3 is 2.60 bits per heavy atom. The third kappa shape index (κ3) is 3.23. The van der Waals surface area contributed by atoms with E-state index < -0.39 is 17.8 Å². The van der Waals surface area contributed by atoms with Crippen LogP contribution in [0.25, 0.3) is 6.08 Å². The molecule has 0 aromatic heterocycles. The summed E-state index contributed by atoms with van der Waals surface area (Å²) in [6, 6.07) is 3.44. The Morgan fingerprint density at radius 1 is 1.33 bits per heavy atom.